The molecule has 0 bridgehead atoms. The van der Waals surface area contributed by atoms with E-state index in [0.717, 1.165) is 11.1 Å². The lowest BCUT2D eigenvalue weighted by molar-refractivity contribution is 0.625. The van der Waals surface area contributed by atoms with Crippen molar-refractivity contribution in [1.29, 1.82) is 0 Å². The maximum atomic E-state index is 13.8. The lowest BCUT2D eigenvalue weighted by Crippen LogP contribution is -2.05. The van der Waals surface area contributed by atoms with Crippen LogP contribution in [0.25, 0.3) is 11.3 Å². The molecule has 0 saturated carbocycles. The molecule has 1 aromatic heterocycles. The van der Waals surface area contributed by atoms with E-state index in [9.17, 15) is 4.39 Å². The van der Waals surface area contributed by atoms with Gasteiger partial charge < -0.3 is 11.5 Å². The standard InChI is InChI=1S/C12H13FN4/c1-6-3-4-8(5-7(6)2)10-9(13)11(14)17-12(15)16-10/h3-5H,1-2H3,(H4,14,15,16,17). The molecule has 0 unspecified atom stereocenters. The number of hydrogen-bond acceptors (Lipinski definition) is 4. The molecule has 0 radical (unpaired) electrons. The van der Waals surface area contributed by atoms with E-state index in [0.29, 0.717) is 5.56 Å². The first-order valence-corrected chi connectivity index (χ1v) is 5.15. The van der Waals surface area contributed by atoms with E-state index in [1.165, 1.54) is 0 Å². The number of rotatable bonds is 1. The lowest BCUT2D eigenvalue weighted by Gasteiger charge is -2.07. The van der Waals surface area contributed by atoms with Gasteiger partial charge in [0, 0.05) is 5.56 Å². The number of nitrogen functional groups attached to an aromatic ring is 2. The van der Waals surface area contributed by atoms with Gasteiger partial charge in [-0.05, 0) is 31.0 Å². The Bertz CT molecular complexity index is 581. The van der Waals surface area contributed by atoms with Crippen LogP contribution in [-0.4, -0.2) is 9.97 Å². The lowest BCUT2D eigenvalue weighted by atomic mass is 10.0. The quantitative estimate of drug-likeness (QED) is 0.788. The second-order valence-electron chi connectivity index (χ2n) is 3.93. The summed E-state index contributed by atoms with van der Waals surface area (Å²) in [7, 11) is 0. The van der Waals surface area contributed by atoms with Crippen molar-refractivity contribution in [3.63, 3.8) is 0 Å². The number of aromatic nitrogens is 2. The molecule has 0 saturated heterocycles. The van der Waals surface area contributed by atoms with Crippen molar-refractivity contribution >= 4 is 11.8 Å². The summed E-state index contributed by atoms with van der Waals surface area (Å²) in [6, 6.07) is 5.53. The van der Waals surface area contributed by atoms with Crippen LogP contribution in [0, 0.1) is 19.7 Å². The first kappa shape index (κ1) is 11.3. The zero-order chi connectivity index (χ0) is 12.6. The molecular weight excluding hydrogens is 219 g/mol. The fourth-order valence-electron chi connectivity index (χ4n) is 1.56. The van der Waals surface area contributed by atoms with Gasteiger partial charge in [-0.2, -0.15) is 4.98 Å². The number of aryl methyl sites for hydroxylation is 2. The van der Waals surface area contributed by atoms with Gasteiger partial charge in [0.25, 0.3) is 0 Å². The normalized spacial score (nSPS) is 10.5. The van der Waals surface area contributed by atoms with Crippen molar-refractivity contribution in [1.82, 2.24) is 9.97 Å². The van der Waals surface area contributed by atoms with Crippen molar-refractivity contribution in [3.8, 4) is 11.3 Å². The summed E-state index contributed by atoms with van der Waals surface area (Å²) in [4.78, 5) is 7.45. The minimum atomic E-state index is -0.637. The number of benzene rings is 1. The molecule has 0 aliphatic rings. The highest BCUT2D eigenvalue weighted by Gasteiger charge is 2.13. The first-order valence-electron chi connectivity index (χ1n) is 5.15. The van der Waals surface area contributed by atoms with Crippen LogP contribution in [-0.2, 0) is 0 Å². The fourth-order valence-corrected chi connectivity index (χ4v) is 1.56. The van der Waals surface area contributed by atoms with Crippen molar-refractivity contribution in [2.45, 2.75) is 13.8 Å². The molecule has 1 heterocycles. The molecule has 0 amide bonds. The van der Waals surface area contributed by atoms with Crippen LogP contribution >= 0.6 is 0 Å². The van der Waals surface area contributed by atoms with Crippen molar-refractivity contribution < 1.29 is 4.39 Å². The number of hydrogen-bond donors (Lipinski definition) is 2. The molecule has 1 aromatic carbocycles. The Hall–Kier alpha value is -2.17. The topological polar surface area (TPSA) is 77.8 Å². The Morgan fingerprint density at radius 3 is 2.41 bits per heavy atom. The predicted octanol–water partition coefficient (Wildman–Crippen LogP) is 2.06. The van der Waals surface area contributed by atoms with Gasteiger partial charge in [0.05, 0.1) is 0 Å². The van der Waals surface area contributed by atoms with Gasteiger partial charge in [0.2, 0.25) is 5.95 Å². The van der Waals surface area contributed by atoms with E-state index in [4.69, 9.17) is 11.5 Å². The molecule has 2 rings (SSSR count). The highest BCUT2D eigenvalue weighted by Crippen LogP contribution is 2.25. The summed E-state index contributed by atoms with van der Waals surface area (Å²) in [6.07, 6.45) is 0. The average molecular weight is 232 g/mol. The van der Waals surface area contributed by atoms with Crippen LogP contribution in [0.1, 0.15) is 11.1 Å². The van der Waals surface area contributed by atoms with Gasteiger partial charge in [0.1, 0.15) is 5.69 Å². The molecule has 4 nitrogen and oxygen atoms in total. The highest BCUT2D eigenvalue weighted by atomic mass is 19.1. The maximum absolute atomic E-state index is 13.8. The maximum Gasteiger partial charge on any atom is 0.222 e. The van der Waals surface area contributed by atoms with Crippen molar-refractivity contribution in [3.05, 3.63) is 35.1 Å². The third-order valence-electron chi connectivity index (χ3n) is 2.67. The van der Waals surface area contributed by atoms with Crippen LogP contribution in [0.3, 0.4) is 0 Å². The molecule has 4 N–H and O–H groups in total. The van der Waals surface area contributed by atoms with Crippen LogP contribution in [0.2, 0.25) is 0 Å². The second-order valence-corrected chi connectivity index (χ2v) is 3.93. The predicted molar refractivity (Wildman–Crippen MR) is 65.7 cm³/mol. The summed E-state index contributed by atoms with van der Waals surface area (Å²) in [5, 5.41) is 0. The summed E-state index contributed by atoms with van der Waals surface area (Å²) >= 11 is 0. The van der Waals surface area contributed by atoms with E-state index in [-0.39, 0.29) is 17.5 Å². The zero-order valence-electron chi connectivity index (χ0n) is 9.66. The van der Waals surface area contributed by atoms with Gasteiger partial charge >= 0.3 is 0 Å². The molecule has 0 aliphatic carbocycles. The van der Waals surface area contributed by atoms with E-state index < -0.39 is 5.82 Å². The zero-order valence-corrected chi connectivity index (χ0v) is 9.66. The summed E-state index contributed by atoms with van der Waals surface area (Å²) in [6.45, 7) is 3.93. The summed E-state index contributed by atoms with van der Waals surface area (Å²) in [5.74, 6) is -0.898. The minimum absolute atomic E-state index is 0.0304. The number of anilines is 2. The highest BCUT2D eigenvalue weighted by molar-refractivity contribution is 5.65. The van der Waals surface area contributed by atoms with Crippen LogP contribution in [0.4, 0.5) is 16.2 Å². The van der Waals surface area contributed by atoms with Crippen LogP contribution in [0.15, 0.2) is 18.2 Å². The third-order valence-corrected chi connectivity index (χ3v) is 2.67. The Kier molecular flexibility index (Phi) is 2.67. The molecule has 2 aromatic rings. The van der Waals surface area contributed by atoms with Crippen molar-refractivity contribution in [2.24, 2.45) is 0 Å². The Morgan fingerprint density at radius 2 is 1.76 bits per heavy atom. The van der Waals surface area contributed by atoms with E-state index in [1.807, 2.05) is 26.0 Å². The molecule has 0 fully saturated rings. The van der Waals surface area contributed by atoms with Crippen LogP contribution < -0.4 is 11.5 Å². The second kappa shape index (κ2) is 4.01. The Labute approximate surface area is 98.5 Å². The Morgan fingerprint density at radius 1 is 1.06 bits per heavy atom. The van der Waals surface area contributed by atoms with Gasteiger partial charge in [-0.3, -0.25) is 0 Å². The van der Waals surface area contributed by atoms with Crippen LogP contribution in [0.5, 0.6) is 0 Å². The first-order chi connectivity index (χ1) is 7.99. The molecule has 88 valence electrons. The summed E-state index contributed by atoms with van der Waals surface area (Å²) in [5.41, 5.74) is 13.8. The van der Waals surface area contributed by atoms with Gasteiger partial charge in [-0.1, -0.05) is 12.1 Å². The van der Waals surface area contributed by atoms with E-state index in [2.05, 4.69) is 9.97 Å². The molecule has 0 atom stereocenters. The van der Waals surface area contributed by atoms with E-state index >= 15 is 0 Å². The third kappa shape index (κ3) is 2.04. The van der Waals surface area contributed by atoms with Crippen molar-refractivity contribution in [2.75, 3.05) is 11.5 Å². The summed E-state index contributed by atoms with van der Waals surface area (Å²) < 4.78 is 13.8. The van der Waals surface area contributed by atoms with Gasteiger partial charge in [0.15, 0.2) is 11.6 Å². The number of nitrogens with zero attached hydrogens (tertiary/aromatic N) is 2. The van der Waals surface area contributed by atoms with Gasteiger partial charge in [-0.25, -0.2) is 9.37 Å². The van der Waals surface area contributed by atoms with E-state index in [1.54, 1.807) is 6.07 Å². The molecule has 0 aliphatic heterocycles. The number of nitrogens with two attached hydrogens (primary N) is 2. The molecule has 0 spiro atoms. The molecular formula is C12H13FN4. The largest absolute Gasteiger partial charge is 0.381 e. The number of halogens is 1. The monoisotopic (exact) mass is 232 g/mol. The fraction of sp³-hybridized carbons (Fsp3) is 0.167. The minimum Gasteiger partial charge on any atom is -0.381 e. The molecule has 17 heavy (non-hydrogen) atoms. The Balaban J connectivity index is 2.64. The van der Waals surface area contributed by atoms with Gasteiger partial charge in [-0.15, -0.1) is 0 Å². The average Bonchev–Trinajstić information content (AvgIpc) is 2.27. The molecule has 5 heteroatoms. The SMILES string of the molecule is Cc1ccc(-c2nc(N)nc(N)c2F)cc1C. The smallest absolute Gasteiger partial charge is 0.222 e.